The molecule has 0 aliphatic carbocycles. The molecule has 2 aromatic rings. The van der Waals surface area contributed by atoms with Gasteiger partial charge in [-0.05, 0) is 50.2 Å². The first kappa shape index (κ1) is 22.2. The summed E-state index contributed by atoms with van der Waals surface area (Å²) in [5.74, 6) is -1.71. The fourth-order valence-electron chi connectivity index (χ4n) is 3.47. The van der Waals surface area contributed by atoms with Crippen molar-refractivity contribution in [3.8, 4) is 6.07 Å². The monoisotopic (exact) mass is 437 g/mol. The minimum absolute atomic E-state index is 0.0104. The third-order valence-electron chi connectivity index (χ3n) is 5.07. The van der Waals surface area contributed by atoms with Crippen LogP contribution in [0.2, 0.25) is 0 Å². The number of aliphatic hydroxyl groups excluding tert-OH is 1. The Labute approximate surface area is 173 Å². The van der Waals surface area contributed by atoms with Crippen LogP contribution >= 0.6 is 0 Å². The summed E-state index contributed by atoms with van der Waals surface area (Å²) >= 11 is 0. The summed E-state index contributed by atoms with van der Waals surface area (Å²) in [6, 6.07) is 6.46. The maximum atomic E-state index is 14.3. The number of nitrogens with zero attached hydrogens (tertiary/aromatic N) is 3. The number of aliphatic hydroxyl groups is 1. The molecule has 1 atom stereocenters. The quantitative estimate of drug-likeness (QED) is 0.719. The number of urea groups is 1. The molecule has 4 N–H and O–H groups in total. The van der Waals surface area contributed by atoms with Gasteiger partial charge in [-0.2, -0.15) is 18.4 Å². The minimum atomic E-state index is -4.86. The number of carbonyl (C=O) groups excluding carboxylic acids is 2. The number of amides is 3. The number of hydrogen-bond acceptors (Lipinski definition) is 4. The highest BCUT2D eigenvalue weighted by Crippen LogP contribution is 2.41. The van der Waals surface area contributed by atoms with Crippen LogP contribution in [-0.4, -0.2) is 28.8 Å². The Morgan fingerprint density at radius 3 is 2.32 bits per heavy atom. The van der Waals surface area contributed by atoms with Crippen molar-refractivity contribution in [2.24, 2.45) is 0 Å². The van der Waals surface area contributed by atoms with E-state index in [1.54, 1.807) is 0 Å². The molecule has 0 radical (unpaired) electrons. The molecule has 1 fully saturated rings. The Kier molecular flexibility index (Phi) is 5.25. The van der Waals surface area contributed by atoms with Crippen molar-refractivity contribution >= 4 is 23.3 Å². The fourth-order valence-corrected chi connectivity index (χ4v) is 3.47. The van der Waals surface area contributed by atoms with Gasteiger partial charge in [-0.25, -0.2) is 14.0 Å². The summed E-state index contributed by atoms with van der Waals surface area (Å²) in [5.41, 5.74) is -0.748. The van der Waals surface area contributed by atoms with Crippen LogP contribution < -0.4 is 15.5 Å². The number of alkyl halides is 3. The van der Waals surface area contributed by atoms with E-state index in [9.17, 15) is 32.3 Å². The van der Waals surface area contributed by atoms with Crippen molar-refractivity contribution < 1.29 is 38.0 Å². The van der Waals surface area contributed by atoms with E-state index in [-0.39, 0.29) is 16.9 Å². The molecule has 1 saturated heterocycles. The zero-order valence-corrected chi connectivity index (χ0v) is 16.4. The van der Waals surface area contributed by atoms with Crippen molar-refractivity contribution in [3.63, 3.8) is 0 Å². The van der Waals surface area contributed by atoms with Gasteiger partial charge in [0.05, 0.1) is 22.7 Å². The third kappa shape index (κ3) is 3.60. The lowest BCUT2D eigenvalue weighted by Crippen LogP contribution is -2.57. The summed E-state index contributed by atoms with van der Waals surface area (Å²) in [7, 11) is 0. The van der Waals surface area contributed by atoms with Crippen LogP contribution in [0.1, 0.15) is 35.3 Å². The molecule has 3 rings (SSSR count). The molecular formula is C20H17F4N4O3+. The van der Waals surface area contributed by atoms with Crippen LogP contribution in [0.4, 0.5) is 33.7 Å². The molecule has 7 nitrogen and oxygen atoms in total. The standard InChI is InChI=1S/C20H16F4N4O3/c1-19(2)17(30)27(11-4-3-10(9-25)14(7-11)20(22,23)24)18(31)28(19)12-5-6-13(16(26)29)15(21)8-12/h3-8,17,30H,1-2H3,(H2,26,29)/p+1. The molecule has 0 bridgehead atoms. The van der Waals surface area contributed by atoms with Crippen molar-refractivity contribution in [1.82, 2.24) is 0 Å². The van der Waals surface area contributed by atoms with Gasteiger partial charge in [-0.15, -0.1) is 0 Å². The molecule has 0 spiro atoms. The Morgan fingerprint density at radius 1 is 1.19 bits per heavy atom. The van der Waals surface area contributed by atoms with Crippen LogP contribution in [0.15, 0.2) is 36.4 Å². The van der Waals surface area contributed by atoms with Crippen LogP contribution in [0.25, 0.3) is 0 Å². The molecule has 1 unspecified atom stereocenters. The van der Waals surface area contributed by atoms with Gasteiger partial charge < -0.3 is 5.11 Å². The summed E-state index contributed by atoms with van der Waals surface area (Å²) in [4.78, 5) is 26.2. The third-order valence-corrected chi connectivity index (χ3v) is 5.07. The molecule has 0 aromatic heterocycles. The highest BCUT2D eigenvalue weighted by Gasteiger charge is 2.52. The fraction of sp³-hybridized carbons (Fsp3) is 0.250. The van der Waals surface area contributed by atoms with E-state index in [0.717, 1.165) is 34.1 Å². The van der Waals surface area contributed by atoms with Crippen molar-refractivity contribution in [3.05, 3.63) is 58.9 Å². The lowest BCUT2D eigenvalue weighted by atomic mass is 10.0. The van der Waals surface area contributed by atoms with E-state index in [1.807, 2.05) is 0 Å². The van der Waals surface area contributed by atoms with Gasteiger partial charge in [0.1, 0.15) is 11.4 Å². The smallest absolute Gasteiger partial charge is 0.371 e. The first-order valence-corrected chi connectivity index (χ1v) is 8.89. The number of halogens is 4. The van der Waals surface area contributed by atoms with Gasteiger partial charge >= 0.3 is 18.1 Å². The number of benzene rings is 2. The molecule has 31 heavy (non-hydrogen) atoms. The Hall–Kier alpha value is -3.49. The average Bonchev–Trinajstić information content (AvgIpc) is 2.84. The molecule has 3 amide bonds. The Bertz CT molecular complexity index is 1120. The molecule has 1 heterocycles. The van der Waals surface area contributed by atoms with E-state index >= 15 is 0 Å². The van der Waals surface area contributed by atoms with Gasteiger partial charge in [-0.1, -0.05) is 0 Å². The first-order chi connectivity index (χ1) is 14.3. The van der Waals surface area contributed by atoms with Gasteiger partial charge in [0.2, 0.25) is 0 Å². The maximum Gasteiger partial charge on any atom is 0.417 e. The second-order valence-electron chi connectivity index (χ2n) is 7.44. The molecule has 0 saturated carbocycles. The second kappa shape index (κ2) is 7.33. The van der Waals surface area contributed by atoms with Gasteiger partial charge in [0.15, 0.2) is 6.23 Å². The number of nitriles is 1. The second-order valence-corrected chi connectivity index (χ2v) is 7.44. The number of quaternary nitrogens is 1. The SMILES string of the molecule is CC1(C)C(O)N(c2ccc(C#N)c(C(F)(F)F)c2)C(=O)N1c1ccc(C([NH3+])=O)c(F)c1. The lowest BCUT2D eigenvalue weighted by molar-refractivity contribution is -0.255. The van der Waals surface area contributed by atoms with Crippen LogP contribution in [-0.2, 0) is 6.18 Å². The van der Waals surface area contributed by atoms with Gasteiger partial charge in [0, 0.05) is 11.4 Å². The lowest BCUT2D eigenvalue weighted by Gasteiger charge is -2.32. The normalized spacial score (nSPS) is 18.3. The van der Waals surface area contributed by atoms with E-state index in [0.29, 0.717) is 6.07 Å². The summed E-state index contributed by atoms with van der Waals surface area (Å²) in [6.45, 7) is 2.89. The van der Waals surface area contributed by atoms with Crippen LogP contribution in [0.5, 0.6) is 0 Å². The number of carbonyl (C=O) groups is 2. The molecule has 2 aromatic carbocycles. The van der Waals surface area contributed by atoms with E-state index in [1.165, 1.54) is 26.0 Å². The summed E-state index contributed by atoms with van der Waals surface area (Å²) < 4.78 is 54.3. The Morgan fingerprint density at radius 2 is 1.81 bits per heavy atom. The number of anilines is 2. The van der Waals surface area contributed by atoms with Gasteiger partial charge in [0.25, 0.3) is 0 Å². The van der Waals surface area contributed by atoms with E-state index in [2.05, 4.69) is 5.73 Å². The zero-order chi connectivity index (χ0) is 23.3. The van der Waals surface area contributed by atoms with Crippen molar-refractivity contribution in [2.45, 2.75) is 31.8 Å². The molecular weight excluding hydrogens is 420 g/mol. The predicted molar refractivity (Wildman–Crippen MR) is 100 cm³/mol. The average molecular weight is 437 g/mol. The highest BCUT2D eigenvalue weighted by molar-refractivity contribution is 6.08. The zero-order valence-electron chi connectivity index (χ0n) is 16.4. The van der Waals surface area contributed by atoms with Crippen molar-refractivity contribution in [1.29, 1.82) is 5.26 Å². The van der Waals surface area contributed by atoms with E-state index < -0.39 is 46.8 Å². The first-order valence-electron chi connectivity index (χ1n) is 8.89. The molecule has 1 aliphatic heterocycles. The largest absolute Gasteiger partial charge is 0.417 e. The summed E-state index contributed by atoms with van der Waals surface area (Å²) in [5, 5.41) is 19.7. The highest BCUT2D eigenvalue weighted by atomic mass is 19.4. The van der Waals surface area contributed by atoms with Crippen molar-refractivity contribution in [2.75, 3.05) is 9.80 Å². The summed E-state index contributed by atoms with van der Waals surface area (Å²) in [6.07, 6.45) is -6.46. The molecule has 1 aliphatic rings. The minimum Gasteiger partial charge on any atom is -0.371 e. The van der Waals surface area contributed by atoms with Gasteiger partial charge in [-0.3, -0.25) is 15.5 Å². The predicted octanol–water partition coefficient (Wildman–Crippen LogP) is 2.64. The number of rotatable bonds is 3. The number of hydrogen-bond donors (Lipinski definition) is 2. The van der Waals surface area contributed by atoms with Crippen LogP contribution in [0.3, 0.4) is 0 Å². The molecule has 162 valence electrons. The topological polar surface area (TPSA) is 112 Å². The molecule has 11 heteroatoms. The maximum absolute atomic E-state index is 14.3. The van der Waals surface area contributed by atoms with Crippen LogP contribution in [0, 0.1) is 17.1 Å². The Balaban J connectivity index is 2.10. The van der Waals surface area contributed by atoms with E-state index in [4.69, 9.17) is 5.26 Å².